The molecule has 3 aromatic rings. The second-order valence-electron chi connectivity index (χ2n) is 4.96. The summed E-state index contributed by atoms with van der Waals surface area (Å²) >= 11 is 0. The zero-order chi connectivity index (χ0) is 14.5. The number of anilines is 1. The lowest BCUT2D eigenvalue weighted by molar-refractivity contribution is 1.55. The number of hydrogen-bond donors (Lipinski definition) is 1. The van der Waals surface area contributed by atoms with Gasteiger partial charge in [-0.2, -0.15) is 0 Å². The smallest absolute Gasteiger partial charge is 0.0314 e. The Morgan fingerprint density at radius 2 is 1.10 bits per heavy atom. The van der Waals surface area contributed by atoms with Gasteiger partial charge in [-0.25, -0.2) is 0 Å². The molecule has 3 aromatic carbocycles. The molecule has 0 aliphatic heterocycles. The summed E-state index contributed by atoms with van der Waals surface area (Å²) < 4.78 is 0. The van der Waals surface area contributed by atoms with Gasteiger partial charge in [-0.15, -0.1) is 0 Å². The molecule has 0 aliphatic carbocycles. The average molecular weight is 271 g/mol. The normalized spacial score (nSPS) is 10.1. The van der Waals surface area contributed by atoms with Gasteiger partial charge in [0.05, 0.1) is 0 Å². The van der Waals surface area contributed by atoms with E-state index in [0.29, 0.717) is 0 Å². The van der Waals surface area contributed by atoms with Crippen molar-refractivity contribution in [1.29, 1.82) is 0 Å². The quantitative estimate of drug-likeness (QED) is 0.534. The lowest BCUT2D eigenvalue weighted by Gasteiger charge is -2.09. The summed E-state index contributed by atoms with van der Waals surface area (Å²) in [6.45, 7) is 0. The Morgan fingerprint density at radius 3 is 1.57 bits per heavy atom. The molecule has 3 rings (SSSR count). The van der Waals surface area contributed by atoms with E-state index in [4.69, 9.17) is 5.73 Å². The third-order valence-electron chi connectivity index (χ3n) is 3.42. The largest absolute Gasteiger partial charge is 0.399 e. The first-order valence-electron chi connectivity index (χ1n) is 7.01. The van der Waals surface area contributed by atoms with Gasteiger partial charge in [0.25, 0.3) is 0 Å². The highest BCUT2D eigenvalue weighted by atomic mass is 14.5. The molecule has 21 heavy (non-hydrogen) atoms. The molecule has 0 radical (unpaired) electrons. The second kappa shape index (κ2) is 6.10. The van der Waals surface area contributed by atoms with Crippen molar-refractivity contribution < 1.29 is 0 Å². The van der Waals surface area contributed by atoms with E-state index in [1.54, 1.807) is 0 Å². The van der Waals surface area contributed by atoms with E-state index >= 15 is 0 Å². The van der Waals surface area contributed by atoms with E-state index in [-0.39, 0.29) is 0 Å². The van der Waals surface area contributed by atoms with E-state index in [1.165, 1.54) is 16.7 Å². The van der Waals surface area contributed by atoms with Crippen molar-refractivity contribution in [3.8, 4) is 0 Å². The zero-order valence-electron chi connectivity index (χ0n) is 11.7. The fourth-order valence-corrected chi connectivity index (χ4v) is 2.33. The van der Waals surface area contributed by atoms with Crippen LogP contribution in [-0.4, -0.2) is 0 Å². The van der Waals surface area contributed by atoms with Crippen LogP contribution in [0.1, 0.15) is 16.7 Å². The van der Waals surface area contributed by atoms with Gasteiger partial charge in [-0.05, 0) is 40.5 Å². The van der Waals surface area contributed by atoms with Crippen LogP contribution >= 0.6 is 0 Å². The molecular weight excluding hydrogens is 254 g/mol. The van der Waals surface area contributed by atoms with Crippen LogP contribution in [0.2, 0.25) is 0 Å². The highest BCUT2D eigenvalue weighted by Gasteiger charge is 2.04. The summed E-state index contributed by atoms with van der Waals surface area (Å²) in [5, 5.41) is 0. The lowest BCUT2D eigenvalue weighted by Crippen LogP contribution is -1.88. The van der Waals surface area contributed by atoms with Crippen LogP contribution in [-0.2, 0) is 0 Å². The molecule has 0 saturated heterocycles. The lowest BCUT2D eigenvalue weighted by atomic mass is 9.96. The number of benzene rings is 3. The summed E-state index contributed by atoms with van der Waals surface area (Å²) in [7, 11) is 0. The molecule has 102 valence electrons. The predicted molar refractivity (Wildman–Crippen MR) is 90.7 cm³/mol. The van der Waals surface area contributed by atoms with Crippen molar-refractivity contribution in [2.24, 2.45) is 0 Å². The molecule has 0 saturated carbocycles. The molecule has 0 unspecified atom stereocenters. The molecule has 0 amide bonds. The fraction of sp³-hybridized carbons (Fsp3) is 0. The zero-order valence-corrected chi connectivity index (χ0v) is 11.7. The Bertz CT molecular complexity index is 684. The summed E-state index contributed by atoms with van der Waals surface area (Å²) in [4.78, 5) is 0. The van der Waals surface area contributed by atoms with E-state index in [2.05, 4.69) is 54.6 Å². The molecule has 0 atom stereocenters. The van der Waals surface area contributed by atoms with E-state index in [0.717, 1.165) is 11.3 Å². The van der Waals surface area contributed by atoms with Gasteiger partial charge in [0, 0.05) is 5.69 Å². The summed E-state index contributed by atoms with van der Waals surface area (Å²) in [6, 6.07) is 28.8. The van der Waals surface area contributed by atoms with E-state index < -0.39 is 0 Å². The van der Waals surface area contributed by atoms with Gasteiger partial charge in [0.15, 0.2) is 0 Å². The highest BCUT2D eigenvalue weighted by Crippen LogP contribution is 2.26. The van der Waals surface area contributed by atoms with Crippen LogP contribution in [0, 0.1) is 0 Å². The van der Waals surface area contributed by atoms with Crippen LogP contribution in [0.4, 0.5) is 5.69 Å². The topological polar surface area (TPSA) is 26.0 Å². The van der Waals surface area contributed by atoms with Gasteiger partial charge in [0.1, 0.15) is 0 Å². The molecule has 1 heteroatoms. The monoisotopic (exact) mass is 271 g/mol. The van der Waals surface area contributed by atoms with Gasteiger partial charge in [-0.3, -0.25) is 0 Å². The molecule has 0 aliphatic rings. The average Bonchev–Trinajstić information content (AvgIpc) is 2.56. The summed E-state index contributed by atoms with van der Waals surface area (Å²) in [5.41, 5.74) is 11.3. The molecule has 0 aromatic heterocycles. The molecule has 0 bridgehead atoms. The minimum absolute atomic E-state index is 0.785. The first-order valence-corrected chi connectivity index (χ1v) is 7.01. The highest BCUT2D eigenvalue weighted by molar-refractivity contribution is 5.91. The van der Waals surface area contributed by atoms with Crippen molar-refractivity contribution in [3.05, 3.63) is 102 Å². The minimum atomic E-state index is 0.785. The van der Waals surface area contributed by atoms with E-state index in [9.17, 15) is 0 Å². The Hall–Kier alpha value is -2.80. The van der Waals surface area contributed by atoms with Gasteiger partial charge < -0.3 is 5.73 Å². The fourth-order valence-electron chi connectivity index (χ4n) is 2.33. The first-order chi connectivity index (χ1) is 10.3. The second-order valence-corrected chi connectivity index (χ2v) is 4.96. The Balaban J connectivity index is 2.10. The number of nitrogen functional groups attached to an aromatic ring is 1. The number of hydrogen-bond acceptors (Lipinski definition) is 1. The van der Waals surface area contributed by atoms with Crippen LogP contribution < -0.4 is 5.73 Å². The Morgan fingerprint density at radius 1 is 0.619 bits per heavy atom. The molecular formula is C20H17N. The van der Waals surface area contributed by atoms with Crippen LogP contribution in [0.3, 0.4) is 0 Å². The maximum Gasteiger partial charge on any atom is 0.0314 e. The Kier molecular flexibility index (Phi) is 3.83. The Labute approximate surface area is 125 Å². The molecule has 0 spiro atoms. The maximum absolute atomic E-state index is 5.76. The van der Waals surface area contributed by atoms with Crippen LogP contribution in [0.25, 0.3) is 11.6 Å². The SMILES string of the molecule is Nc1ccc(C=C(c2ccccc2)c2ccccc2)cc1. The standard InChI is InChI=1S/C20H17N/c21-19-13-11-16(12-14-19)15-20(17-7-3-1-4-8-17)18-9-5-2-6-10-18/h1-15H,21H2. The van der Waals surface area contributed by atoms with Crippen LogP contribution in [0.5, 0.6) is 0 Å². The maximum atomic E-state index is 5.76. The van der Waals surface area contributed by atoms with Crippen molar-refractivity contribution in [1.82, 2.24) is 0 Å². The number of rotatable bonds is 3. The molecule has 0 heterocycles. The van der Waals surface area contributed by atoms with Crippen molar-refractivity contribution in [2.45, 2.75) is 0 Å². The molecule has 0 fully saturated rings. The van der Waals surface area contributed by atoms with Crippen molar-refractivity contribution in [3.63, 3.8) is 0 Å². The number of nitrogens with two attached hydrogens (primary N) is 1. The molecule has 2 N–H and O–H groups in total. The summed E-state index contributed by atoms with van der Waals surface area (Å²) in [5.74, 6) is 0. The van der Waals surface area contributed by atoms with Crippen molar-refractivity contribution in [2.75, 3.05) is 5.73 Å². The van der Waals surface area contributed by atoms with Gasteiger partial charge in [-0.1, -0.05) is 72.8 Å². The third-order valence-corrected chi connectivity index (χ3v) is 3.42. The first kappa shape index (κ1) is 13.2. The van der Waals surface area contributed by atoms with Crippen LogP contribution in [0.15, 0.2) is 84.9 Å². The predicted octanol–water partition coefficient (Wildman–Crippen LogP) is 4.86. The molecule has 1 nitrogen and oxygen atoms in total. The van der Waals surface area contributed by atoms with Crippen molar-refractivity contribution >= 4 is 17.3 Å². The van der Waals surface area contributed by atoms with Gasteiger partial charge in [0.2, 0.25) is 0 Å². The summed E-state index contributed by atoms with van der Waals surface area (Å²) in [6.07, 6.45) is 2.20. The minimum Gasteiger partial charge on any atom is -0.399 e. The van der Waals surface area contributed by atoms with E-state index in [1.807, 2.05) is 36.4 Å². The van der Waals surface area contributed by atoms with Gasteiger partial charge >= 0.3 is 0 Å². The third kappa shape index (κ3) is 3.21.